The number of ether oxygens (including phenoxy) is 1. The van der Waals surface area contributed by atoms with Gasteiger partial charge in [-0.2, -0.15) is 0 Å². The SMILES string of the molecule is CCN(CCO)CC1CCC2(CCCCC2)O1. The van der Waals surface area contributed by atoms with Crippen LogP contribution in [0.2, 0.25) is 0 Å². The largest absolute Gasteiger partial charge is 0.395 e. The summed E-state index contributed by atoms with van der Waals surface area (Å²) < 4.78 is 6.35. The fourth-order valence-corrected chi connectivity index (χ4v) is 3.40. The van der Waals surface area contributed by atoms with E-state index in [1.165, 1.54) is 44.9 Å². The highest BCUT2D eigenvalue weighted by Crippen LogP contribution is 2.41. The first kappa shape index (κ1) is 13.3. The average molecular weight is 241 g/mol. The first-order chi connectivity index (χ1) is 8.28. The van der Waals surface area contributed by atoms with E-state index in [2.05, 4.69) is 11.8 Å². The highest BCUT2D eigenvalue weighted by atomic mass is 16.5. The number of likely N-dealkylation sites (N-methyl/N-ethyl adjacent to an activating group) is 1. The lowest BCUT2D eigenvalue weighted by atomic mass is 9.83. The van der Waals surface area contributed by atoms with E-state index < -0.39 is 0 Å². The van der Waals surface area contributed by atoms with Gasteiger partial charge in [0.05, 0.1) is 18.3 Å². The minimum Gasteiger partial charge on any atom is -0.395 e. The molecule has 1 atom stereocenters. The first-order valence-electron chi connectivity index (χ1n) is 7.29. The van der Waals surface area contributed by atoms with Crippen LogP contribution in [0.5, 0.6) is 0 Å². The maximum absolute atomic E-state index is 9.00. The van der Waals surface area contributed by atoms with Gasteiger partial charge in [0.25, 0.3) is 0 Å². The lowest BCUT2D eigenvalue weighted by Gasteiger charge is -2.34. The minimum atomic E-state index is 0.238. The second-order valence-corrected chi connectivity index (χ2v) is 5.64. The van der Waals surface area contributed by atoms with Gasteiger partial charge in [-0.1, -0.05) is 26.2 Å². The summed E-state index contributed by atoms with van der Waals surface area (Å²) in [6, 6.07) is 0. The topological polar surface area (TPSA) is 32.7 Å². The molecule has 2 rings (SSSR count). The fraction of sp³-hybridized carbons (Fsp3) is 1.00. The third kappa shape index (κ3) is 3.43. The van der Waals surface area contributed by atoms with Gasteiger partial charge in [0, 0.05) is 13.1 Å². The van der Waals surface area contributed by atoms with Crippen LogP contribution >= 0.6 is 0 Å². The zero-order valence-corrected chi connectivity index (χ0v) is 11.2. The summed E-state index contributed by atoms with van der Waals surface area (Å²) in [6.45, 7) is 5.20. The van der Waals surface area contributed by atoms with Crippen LogP contribution < -0.4 is 0 Å². The molecule has 17 heavy (non-hydrogen) atoms. The second kappa shape index (κ2) is 6.17. The van der Waals surface area contributed by atoms with Crippen LogP contribution in [0.3, 0.4) is 0 Å². The standard InChI is InChI=1S/C14H27NO2/c1-2-15(10-11-16)12-13-6-9-14(17-13)7-4-3-5-8-14/h13,16H,2-12H2,1H3. The van der Waals surface area contributed by atoms with Gasteiger partial charge in [-0.25, -0.2) is 0 Å². The first-order valence-corrected chi connectivity index (χ1v) is 7.29. The summed E-state index contributed by atoms with van der Waals surface area (Å²) in [7, 11) is 0. The lowest BCUT2D eigenvalue weighted by molar-refractivity contribution is -0.0720. The molecule has 1 aliphatic carbocycles. The van der Waals surface area contributed by atoms with E-state index >= 15 is 0 Å². The Hall–Kier alpha value is -0.120. The average Bonchev–Trinajstić information content (AvgIpc) is 2.72. The Morgan fingerprint density at radius 1 is 1.24 bits per heavy atom. The Morgan fingerprint density at radius 2 is 2.00 bits per heavy atom. The molecule has 1 N–H and O–H groups in total. The van der Waals surface area contributed by atoms with Crippen molar-refractivity contribution >= 4 is 0 Å². The van der Waals surface area contributed by atoms with E-state index in [0.29, 0.717) is 6.10 Å². The smallest absolute Gasteiger partial charge is 0.0710 e. The van der Waals surface area contributed by atoms with Gasteiger partial charge >= 0.3 is 0 Å². The molecule has 1 heterocycles. The van der Waals surface area contributed by atoms with Crippen LogP contribution in [0.4, 0.5) is 0 Å². The molecule has 0 aromatic carbocycles. The lowest BCUT2D eigenvalue weighted by Crippen LogP contribution is -2.37. The molecule has 3 nitrogen and oxygen atoms in total. The molecular weight excluding hydrogens is 214 g/mol. The predicted molar refractivity (Wildman–Crippen MR) is 69.1 cm³/mol. The Bertz CT molecular complexity index is 226. The summed E-state index contributed by atoms with van der Waals surface area (Å²) in [4.78, 5) is 2.30. The maximum Gasteiger partial charge on any atom is 0.0710 e. The van der Waals surface area contributed by atoms with Gasteiger partial charge in [-0.05, 0) is 32.2 Å². The van der Waals surface area contributed by atoms with E-state index in [1.54, 1.807) is 0 Å². The molecule has 1 unspecified atom stereocenters. The second-order valence-electron chi connectivity index (χ2n) is 5.64. The summed E-state index contributed by atoms with van der Waals surface area (Å²) in [5.41, 5.74) is 0.238. The van der Waals surface area contributed by atoms with E-state index in [4.69, 9.17) is 9.84 Å². The van der Waals surface area contributed by atoms with Crippen molar-refractivity contribution in [1.82, 2.24) is 4.90 Å². The molecule has 0 aromatic heterocycles. The van der Waals surface area contributed by atoms with Gasteiger partial charge in [-0.15, -0.1) is 0 Å². The molecule has 0 amide bonds. The zero-order chi connectivity index (χ0) is 12.1. The highest BCUT2D eigenvalue weighted by molar-refractivity contribution is 4.91. The van der Waals surface area contributed by atoms with Crippen LogP contribution in [-0.4, -0.2) is 48.0 Å². The van der Waals surface area contributed by atoms with E-state index in [-0.39, 0.29) is 12.2 Å². The normalized spacial score (nSPS) is 28.1. The number of hydrogen-bond acceptors (Lipinski definition) is 3. The monoisotopic (exact) mass is 241 g/mol. The summed E-state index contributed by atoms with van der Waals surface area (Å²) in [5, 5.41) is 9.00. The third-order valence-corrected chi connectivity index (χ3v) is 4.43. The molecule has 0 bridgehead atoms. The van der Waals surface area contributed by atoms with Gasteiger partial charge < -0.3 is 9.84 Å². The quantitative estimate of drug-likeness (QED) is 0.801. The number of aliphatic hydroxyl groups is 1. The Labute approximate surface area is 105 Å². The van der Waals surface area contributed by atoms with E-state index in [1.807, 2.05) is 0 Å². The predicted octanol–water partition coefficient (Wildman–Crippen LogP) is 2.18. The Kier molecular flexibility index (Phi) is 4.83. The van der Waals surface area contributed by atoms with Crippen molar-refractivity contribution in [2.24, 2.45) is 0 Å². The molecule has 1 saturated heterocycles. The fourth-order valence-electron chi connectivity index (χ4n) is 3.40. The number of hydrogen-bond donors (Lipinski definition) is 1. The highest BCUT2D eigenvalue weighted by Gasteiger charge is 2.40. The van der Waals surface area contributed by atoms with Gasteiger partial charge in [0.1, 0.15) is 0 Å². The van der Waals surface area contributed by atoms with Gasteiger partial charge in [0.15, 0.2) is 0 Å². The van der Waals surface area contributed by atoms with E-state index in [0.717, 1.165) is 19.6 Å². The third-order valence-electron chi connectivity index (χ3n) is 4.43. The molecular formula is C14H27NO2. The van der Waals surface area contributed by atoms with Crippen LogP contribution in [0.25, 0.3) is 0 Å². The number of nitrogens with zero attached hydrogens (tertiary/aromatic N) is 1. The number of aliphatic hydroxyl groups excluding tert-OH is 1. The zero-order valence-electron chi connectivity index (χ0n) is 11.2. The molecule has 0 aromatic rings. The molecule has 100 valence electrons. The van der Waals surface area contributed by atoms with Crippen molar-refractivity contribution in [3.8, 4) is 0 Å². The van der Waals surface area contributed by atoms with Crippen molar-refractivity contribution in [2.75, 3.05) is 26.2 Å². The molecule has 0 radical (unpaired) electrons. The molecule has 2 aliphatic rings. The van der Waals surface area contributed by atoms with Crippen molar-refractivity contribution in [1.29, 1.82) is 0 Å². The molecule has 1 aliphatic heterocycles. The number of rotatable bonds is 5. The van der Waals surface area contributed by atoms with Crippen molar-refractivity contribution in [3.05, 3.63) is 0 Å². The van der Waals surface area contributed by atoms with Crippen molar-refractivity contribution in [3.63, 3.8) is 0 Å². The van der Waals surface area contributed by atoms with Gasteiger partial charge in [0.2, 0.25) is 0 Å². The summed E-state index contributed by atoms with van der Waals surface area (Å²) in [6.07, 6.45) is 9.50. The molecule has 1 saturated carbocycles. The van der Waals surface area contributed by atoms with Crippen LogP contribution in [0.1, 0.15) is 51.9 Å². The van der Waals surface area contributed by atoms with Crippen LogP contribution in [-0.2, 0) is 4.74 Å². The van der Waals surface area contributed by atoms with Crippen molar-refractivity contribution < 1.29 is 9.84 Å². The summed E-state index contributed by atoms with van der Waals surface area (Å²) >= 11 is 0. The molecule has 1 spiro atoms. The van der Waals surface area contributed by atoms with E-state index in [9.17, 15) is 0 Å². The maximum atomic E-state index is 9.00. The minimum absolute atomic E-state index is 0.238. The molecule has 3 heteroatoms. The van der Waals surface area contributed by atoms with Crippen LogP contribution in [0.15, 0.2) is 0 Å². The Morgan fingerprint density at radius 3 is 2.65 bits per heavy atom. The Balaban J connectivity index is 1.80. The van der Waals surface area contributed by atoms with Gasteiger partial charge in [-0.3, -0.25) is 4.90 Å². The van der Waals surface area contributed by atoms with Crippen molar-refractivity contribution in [2.45, 2.75) is 63.6 Å². The molecule has 2 fully saturated rings. The summed E-state index contributed by atoms with van der Waals surface area (Å²) in [5.74, 6) is 0. The van der Waals surface area contributed by atoms with Crippen LogP contribution in [0, 0.1) is 0 Å².